The van der Waals surface area contributed by atoms with Gasteiger partial charge in [-0.15, -0.1) is 0 Å². The van der Waals surface area contributed by atoms with Gasteiger partial charge in [-0.3, -0.25) is 9.36 Å². The maximum Gasteiger partial charge on any atom is 0.420 e. The molecule has 3 aromatic rings. The Morgan fingerprint density at radius 1 is 1.20 bits per heavy atom. The number of fused-ring (bicyclic) bond motifs is 1. The van der Waals surface area contributed by atoms with Crippen LogP contribution >= 0.6 is 11.6 Å². The van der Waals surface area contributed by atoms with E-state index in [1.807, 2.05) is 23.1 Å². The van der Waals surface area contributed by atoms with Crippen LogP contribution in [0.4, 0.5) is 0 Å². The molecule has 1 aromatic heterocycles. The van der Waals surface area contributed by atoms with Crippen molar-refractivity contribution in [2.45, 2.75) is 18.9 Å². The number of likely N-dealkylation sites (tertiary alicyclic amines) is 1. The fourth-order valence-corrected chi connectivity index (χ4v) is 3.57. The zero-order chi connectivity index (χ0) is 17.4. The molecule has 1 atom stereocenters. The first-order chi connectivity index (χ1) is 12.1. The van der Waals surface area contributed by atoms with Crippen LogP contribution in [0.3, 0.4) is 0 Å². The second-order valence-corrected chi connectivity index (χ2v) is 6.74. The normalized spacial score (nSPS) is 17.3. The molecular formula is C19H17ClN2O3. The lowest BCUT2D eigenvalue weighted by Crippen LogP contribution is -2.34. The summed E-state index contributed by atoms with van der Waals surface area (Å²) in [5.74, 6) is -0.260. The van der Waals surface area contributed by atoms with Crippen molar-refractivity contribution in [1.29, 1.82) is 0 Å². The van der Waals surface area contributed by atoms with Gasteiger partial charge < -0.3 is 9.32 Å². The number of aromatic nitrogens is 1. The van der Waals surface area contributed by atoms with Crippen LogP contribution in [0, 0.1) is 0 Å². The molecule has 128 valence electrons. The lowest BCUT2D eigenvalue weighted by molar-refractivity contribution is -0.130. The maximum atomic E-state index is 12.7. The average Bonchev–Trinajstić information content (AvgIpc) is 3.21. The minimum absolute atomic E-state index is 0.0189. The lowest BCUT2D eigenvalue weighted by atomic mass is 9.99. The Hall–Kier alpha value is -2.53. The minimum atomic E-state index is -0.538. The van der Waals surface area contributed by atoms with Crippen LogP contribution in [-0.2, 0) is 11.3 Å². The molecule has 1 saturated heterocycles. The van der Waals surface area contributed by atoms with E-state index in [-0.39, 0.29) is 12.5 Å². The first kappa shape index (κ1) is 16.0. The van der Waals surface area contributed by atoms with Gasteiger partial charge in [0.25, 0.3) is 0 Å². The summed E-state index contributed by atoms with van der Waals surface area (Å²) < 4.78 is 6.55. The van der Waals surface area contributed by atoms with E-state index in [9.17, 15) is 9.59 Å². The van der Waals surface area contributed by atoms with E-state index in [0.717, 1.165) is 6.42 Å². The topological polar surface area (TPSA) is 55.5 Å². The van der Waals surface area contributed by atoms with Crippen LogP contribution < -0.4 is 5.76 Å². The third-order valence-electron chi connectivity index (χ3n) is 4.74. The number of carbonyl (C=O) groups excluding carboxylic acids is 1. The first-order valence-corrected chi connectivity index (χ1v) is 8.61. The zero-order valence-electron chi connectivity index (χ0n) is 13.5. The molecule has 0 radical (unpaired) electrons. The molecule has 0 aliphatic carbocycles. The molecule has 1 fully saturated rings. The average molecular weight is 357 g/mol. The number of benzene rings is 2. The Kier molecular flexibility index (Phi) is 4.09. The summed E-state index contributed by atoms with van der Waals surface area (Å²) >= 11 is 5.92. The van der Waals surface area contributed by atoms with Crippen molar-refractivity contribution in [1.82, 2.24) is 9.47 Å². The van der Waals surface area contributed by atoms with E-state index < -0.39 is 5.76 Å². The highest BCUT2D eigenvalue weighted by Gasteiger charge is 2.28. The Bertz CT molecular complexity index is 977. The molecule has 1 aliphatic rings. The van der Waals surface area contributed by atoms with Crippen LogP contribution in [0.25, 0.3) is 11.1 Å². The molecule has 0 spiro atoms. The number of hydrogen-bond acceptors (Lipinski definition) is 3. The van der Waals surface area contributed by atoms with Crippen molar-refractivity contribution >= 4 is 28.6 Å². The SMILES string of the molecule is O=C(Cn1c(=O)oc2cc(Cl)ccc21)N1CC[C@@H](c2ccccc2)C1. The molecule has 1 aliphatic heterocycles. The third-order valence-corrected chi connectivity index (χ3v) is 4.97. The quantitative estimate of drug-likeness (QED) is 0.723. The highest BCUT2D eigenvalue weighted by atomic mass is 35.5. The second kappa shape index (κ2) is 6.41. The van der Waals surface area contributed by atoms with Gasteiger partial charge in [0.1, 0.15) is 6.54 Å². The molecule has 5 nitrogen and oxygen atoms in total. The number of oxazole rings is 1. The number of amides is 1. The van der Waals surface area contributed by atoms with Crippen LogP contribution in [0.2, 0.25) is 5.02 Å². The summed E-state index contributed by atoms with van der Waals surface area (Å²) in [7, 11) is 0. The predicted molar refractivity (Wildman–Crippen MR) is 95.9 cm³/mol. The maximum absolute atomic E-state index is 12.7. The third kappa shape index (κ3) is 3.07. The molecule has 1 amide bonds. The molecule has 0 bridgehead atoms. The van der Waals surface area contributed by atoms with E-state index in [1.165, 1.54) is 10.1 Å². The zero-order valence-corrected chi connectivity index (χ0v) is 14.3. The fraction of sp³-hybridized carbons (Fsp3) is 0.263. The monoisotopic (exact) mass is 356 g/mol. The molecule has 2 aromatic carbocycles. The van der Waals surface area contributed by atoms with E-state index >= 15 is 0 Å². The molecule has 0 saturated carbocycles. The van der Waals surface area contributed by atoms with E-state index in [0.29, 0.717) is 35.1 Å². The molecule has 2 heterocycles. The number of rotatable bonds is 3. The Morgan fingerprint density at radius 2 is 2.00 bits per heavy atom. The van der Waals surface area contributed by atoms with Crippen LogP contribution in [0.15, 0.2) is 57.7 Å². The van der Waals surface area contributed by atoms with Crippen LogP contribution in [0.5, 0.6) is 0 Å². The molecule has 6 heteroatoms. The number of carbonyl (C=O) groups is 1. The number of hydrogen-bond donors (Lipinski definition) is 0. The van der Waals surface area contributed by atoms with Gasteiger partial charge in [0.2, 0.25) is 5.91 Å². The molecule has 0 N–H and O–H groups in total. The van der Waals surface area contributed by atoms with E-state index in [1.54, 1.807) is 18.2 Å². The van der Waals surface area contributed by atoms with E-state index in [4.69, 9.17) is 16.0 Å². The largest absolute Gasteiger partial charge is 0.420 e. The van der Waals surface area contributed by atoms with Crippen molar-refractivity contribution < 1.29 is 9.21 Å². The summed E-state index contributed by atoms with van der Waals surface area (Å²) in [5.41, 5.74) is 2.23. The Balaban J connectivity index is 1.52. The second-order valence-electron chi connectivity index (χ2n) is 6.30. The van der Waals surface area contributed by atoms with Gasteiger partial charge in [-0.2, -0.15) is 0 Å². The van der Waals surface area contributed by atoms with Crippen LogP contribution in [-0.4, -0.2) is 28.5 Å². The summed E-state index contributed by atoms with van der Waals surface area (Å²) in [4.78, 5) is 26.5. The molecule has 25 heavy (non-hydrogen) atoms. The van der Waals surface area contributed by atoms with Gasteiger partial charge in [-0.05, 0) is 24.1 Å². The summed E-state index contributed by atoms with van der Waals surface area (Å²) in [5, 5.41) is 0.491. The van der Waals surface area contributed by atoms with Gasteiger partial charge in [0, 0.05) is 30.1 Å². The number of nitrogens with zero attached hydrogens (tertiary/aromatic N) is 2. The lowest BCUT2D eigenvalue weighted by Gasteiger charge is -2.17. The van der Waals surface area contributed by atoms with Gasteiger partial charge in [-0.25, -0.2) is 4.79 Å². The summed E-state index contributed by atoms with van der Waals surface area (Å²) in [6.45, 7) is 1.36. The van der Waals surface area contributed by atoms with Gasteiger partial charge in [-0.1, -0.05) is 41.9 Å². The number of halogens is 1. The van der Waals surface area contributed by atoms with Crippen LogP contribution in [0.1, 0.15) is 17.9 Å². The first-order valence-electron chi connectivity index (χ1n) is 8.23. The van der Waals surface area contributed by atoms with E-state index in [2.05, 4.69) is 12.1 Å². The Labute approximate surface area is 149 Å². The van der Waals surface area contributed by atoms with Gasteiger partial charge in [0.15, 0.2) is 5.58 Å². The highest BCUT2D eigenvalue weighted by molar-refractivity contribution is 6.31. The standard InChI is InChI=1S/C19H17ClN2O3/c20-15-6-7-16-17(10-15)25-19(24)22(16)12-18(23)21-9-8-14(11-21)13-4-2-1-3-5-13/h1-7,10,14H,8-9,11-12H2/t14-/m1/s1. The minimum Gasteiger partial charge on any atom is -0.408 e. The molecule has 0 unspecified atom stereocenters. The fourth-order valence-electron chi connectivity index (χ4n) is 3.41. The van der Waals surface area contributed by atoms with Crippen molar-refractivity contribution in [3.63, 3.8) is 0 Å². The van der Waals surface area contributed by atoms with Gasteiger partial charge >= 0.3 is 5.76 Å². The van der Waals surface area contributed by atoms with Crippen molar-refractivity contribution in [2.24, 2.45) is 0 Å². The molecular weight excluding hydrogens is 340 g/mol. The summed E-state index contributed by atoms with van der Waals surface area (Å²) in [6.07, 6.45) is 0.937. The van der Waals surface area contributed by atoms with Gasteiger partial charge in [0.05, 0.1) is 5.52 Å². The van der Waals surface area contributed by atoms with Crippen molar-refractivity contribution in [3.8, 4) is 0 Å². The predicted octanol–water partition coefficient (Wildman–Crippen LogP) is 3.26. The summed E-state index contributed by atoms with van der Waals surface area (Å²) in [6, 6.07) is 15.2. The van der Waals surface area contributed by atoms with Crippen molar-refractivity contribution in [3.05, 3.63) is 69.7 Å². The highest BCUT2D eigenvalue weighted by Crippen LogP contribution is 2.27. The van der Waals surface area contributed by atoms with Crippen molar-refractivity contribution in [2.75, 3.05) is 13.1 Å². The Morgan fingerprint density at radius 3 is 2.80 bits per heavy atom. The smallest absolute Gasteiger partial charge is 0.408 e. The molecule has 4 rings (SSSR count).